The minimum absolute atomic E-state index is 0.147. The third kappa shape index (κ3) is 4.32. The molecule has 2 rings (SSSR count). The highest BCUT2D eigenvalue weighted by molar-refractivity contribution is 9.10. The van der Waals surface area contributed by atoms with Gasteiger partial charge in [0.25, 0.3) is 0 Å². The Balaban J connectivity index is 2.11. The Labute approximate surface area is 141 Å². The molecule has 0 aliphatic heterocycles. The van der Waals surface area contributed by atoms with Crippen LogP contribution in [0.3, 0.4) is 0 Å². The Kier molecular flexibility index (Phi) is 6.09. The molecule has 0 radical (unpaired) electrons. The summed E-state index contributed by atoms with van der Waals surface area (Å²) >= 11 is 13.2. The maximum absolute atomic E-state index is 9.62. The van der Waals surface area contributed by atoms with Crippen LogP contribution in [0.25, 0.3) is 0 Å². The molecule has 1 N–H and O–H groups in total. The number of halogens is 3. The molecule has 0 bridgehead atoms. The van der Waals surface area contributed by atoms with E-state index in [9.17, 15) is 5.11 Å². The van der Waals surface area contributed by atoms with E-state index in [2.05, 4.69) is 37.9 Å². The van der Waals surface area contributed by atoms with Crippen molar-refractivity contribution in [3.63, 3.8) is 0 Å². The topological polar surface area (TPSA) is 20.2 Å². The van der Waals surface area contributed by atoms with Crippen molar-refractivity contribution in [3.8, 4) is 0 Å². The fraction of sp³-hybridized carbons (Fsp3) is 0.250. The summed E-state index contributed by atoms with van der Waals surface area (Å²) in [6.45, 7) is 0.147. The van der Waals surface area contributed by atoms with Gasteiger partial charge in [0, 0.05) is 20.6 Å². The minimum atomic E-state index is 0.147. The van der Waals surface area contributed by atoms with Crippen molar-refractivity contribution in [3.05, 3.63) is 67.6 Å². The van der Waals surface area contributed by atoms with Crippen LogP contribution in [0.1, 0.15) is 11.1 Å². The molecular weight excluding hydrogens is 403 g/mol. The van der Waals surface area contributed by atoms with Gasteiger partial charge in [0.15, 0.2) is 0 Å². The lowest BCUT2D eigenvalue weighted by atomic mass is 9.93. The standard InChI is InChI=1S/C16H15Br2ClO/c17-14-6-5-13(16(19)9-14)8-11(10-20)7-12-3-1-2-4-15(12)18/h1-6,9,11,20H,7-8,10H2. The smallest absolute Gasteiger partial charge is 0.0465 e. The summed E-state index contributed by atoms with van der Waals surface area (Å²) in [4.78, 5) is 0. The van der Waals surface area contributed by atoms with Gasteiger partial charge in [0.2, 0.25) is 0 Å². The van der Waals surface area contributed by atoms with Crippen LogP contribution in [0, 0.1) is 5.92 Å². The van der Waals surface area contributed by atoms with Crippen molar-refractivity contribution in [2.45, 2.75) is 12.8 Å². The molecule has 1 atom stereocenters. The summed E-state index contributed by atoms with van der Waals surface area (Å²) in [5, 5.41) is 10.4. The van der Waals surface area contributed by atoms with Crippen LogP contribution in [0.4, 0.5) is 0 Å². The highest BCUT2D eigenvalue weighted by Gasteiger charge is 2.13. The molecule has 20 heavy (non-hydrogen) atoms. The molecule has 2 aromatic rings. The van der Waals surface area contributed by atoms with Gasteiger partial charge >= 0.3 is 0 Å². The van der Waals surface area contributed by atoms with Crippen molar-refractivity contribution in [2.75, 3.05) is 6.61 Å². The first-order valence-electron chi connectivity index (χ1n) is 6.38. The summed E-state index contributed by atoms with van der Waals surface area (Å²) in [7, 11) is 0. The van der Waals surface area contributed by atoms with Crippen LogP contribution in [-0.4, -0.2) is 11.7 Å². The van der Waals surface area contributed by atoms with E-state index in [1.807, 2.05) is 36.4 Å². The second-order valence-corrected chi connectivity index (χ2v) is 6.96. The van der Waals surface area contributed by atoms with E-state index < -0.39 is 0 Å². The second kappa shape index (κ2) is 7.60. The van der Waals surface area contributed by atoms with Crippen LogP contribution in [0.2, 0.25) is 5.02 Å². The Morgan fingerprint density at radius 2 is 1.70 bits per heavy atom. The van der Waals surface area contributed by atoms with E-state index in [0.717, 1.165) is 32.4 Å². The van der Waals surface area contributed by atoms with Gasteiger partial charge in [-0.25, -0.2) is 0 Å². The summed E-state index contributed by atoms with van der Waals surface area (Å²) in [6, 6.07) is 14.0. The summed E-state index contributed by atoms with van der Waals surface area (Å²) in [5.74, 6) is 0.160. The SMILES string of the molecule is OCC(Cc1ccc(Br)cc1Cl)Cc1ccccc1Br. The number of rotatable bonds is 5. The molecule has 106 valence electrons. The summed E-state index contributed by atoms with van der Waals surface area (Å²) in [5.41, 5.74) is 2.28. The lowest BCUT2D eigenvalue weighted by molar-refractivity contribution is 0.225. The first-order valence-corrected chi connectivity index (χ1v) is 8.34. The van der Waals surface area contributed by atoms with Crippen LogP contribution < -0.4 is 0 Å². The largest absolute Gasteiger partial charge is 0.396 e. The second-order valence-electron chi connectivity index (χ2n) is 4.78. The van der Waals surface area contributed by atoms with E-state index in [0.29, 0.717) is 0 Å². The van der Waals surface area contributed by atoms with Crippen molar-refractivity contribution in [2.24, 2.45) is 5.92 Å². The molecule has 0 aromatic heterocycles. The molecule has 0 spiro atoms. The van der Waals surface area contributed by atoms with E-state index in [1.54, 1.807) is 0 Å². The highest BCUT2D eigenvalue weighted by atomic mass is 79.9. The Bertz CT molecular complexity index is 586. The first-order chi connectivity index (χ1) is 9.60. The third-order valence-corrected chi connectivity index (χ3v) is 4.87. The van der Waals surface area contributed by atoms with Gasteiger partial charge in [-0.2, -0.15) is 0 Å². The molecule has 2 aromatic carbocycles. The molecule has 0 saturated heterocycles. The van der Waals surface area contributed by atoms with Crippen LogP contribution in [0.15, 0.2) is 51.4 Å². The average Bonchev–Trinajstić information content (AvgIpc) is 2.43. The van der Waals surface area contributed by atoms with Gasteiger partial charge in [-0.15, -0.1) is 0 Å². The molecule has 1 unspecified atom stereocenters. The maximum atomic E-state index is 9.62. The first kappa shape index (κ1) is 16.0. The van der Waals surface area contributed by atoms with Gasteiger partial charge in [0.05, 0.1) is 0 Å². The highest BCUT2D eigenvalue weighted by Crippen LogP contribution is 2.26. The summed E-state index contributed by atoms with van der Waals surface area (Å²) < 4.78 is 2.05. The average molecular weight is 419 g/mol. The van der Waals surface area contributed by atoms with Crippen molar-refractivity contribution < 1.29 is 5.11 Å². The van der Waals surface area contributed by atoms with Gasteiger partial charge < -0.3 is 5.11 Å². The molecule has 0 fully saturated rings. The fourth-order valence-corrected chi connectivity index (χ4v) is 3.37. The quantitative estimate of drug-likeness (QED) is 0.702. The lowest BCUT2D eigenvalue weighted by Gasteiger charge is -2.16. The number of hydrogen-bond acceptors (Lipinski definition) is 1. The zero-order chi connectivity index (χ0) is 14.5. The van der Waals surface area contributed by atoms with E-state index in [1.165, 1.54) is 5.56 Å². The molecular formula is C16H15Br2ClO. The van der Waals surface area contributed by atoms with E-state index >= 15 is 0 Å². The molecule has 1 nitrogen and oxygen atoms in total. The van der Waals surface area contributed by atoms with Crippen molar-refractivity contribution >= 4 is 43.5 Å². The zero-order valence-electron chi connectivity index (χ0n) is 10.8. The van der Waals surface area contributed by atoms with Gasteiger partial charge in [0.1, 0.15) is 0 Å². The van der Waals surface area contributed by atoms with Gasteiger partial charge in [-0.3, -0.25) is 0 Å². The fourth-order valence-electron chi connectivity index (χ4n) is 2.17. The van der Waals surface area contributed by atoms with Crippen molar-refractivity contribution in [1.82, 2.24) is 0 Å². The van der Waals surface area contributed by atoms with Crippen LogP contribution >= 0.6 is 43.5 Å². The Hall–Kier alpha value is -0.350. The lowest BCUT2D eigenvalue weighted by Crippen LogP contribution is -2.13. The number of aliphatic hydroxyl groups is 1. The van der Waals surface area contributed by atoms with E-state index in [-0.39, 0.29) is 12.5 Å². The van der Waals surface area contributed by atoms with Gasteiger partial charge in [-0.1, -0.05) is 67.7 Å². The van der Waals surface area contributed by atoms with Gasteiger partial charge in [-0.05, 0) is 48.1 Å². The van der Waals surface area contributed by atoms with E-state index in [4.69, 9.17) is 11.6 Å². The number of hydrogen-bond donors (Lipinski definition) is 1. The predicted octanol–water partition coefficient (Wildman–Crippen LogP) is 5.26. The maximum Gasteiger partial charge on any atom is 0.0465 e. The molecule has 0 saturated carbocycles. The number of aliphatic hydroxyl groups excluding tert-OH is 1. The summed E-state index contributed by atoms with van der Waals surface area (Å²) in [6.07, 6.45) is 1.59. The molecule has 0 amide bonds. The third-order valence-electron chi connectivity index (χ3n) is 3.25. The van der Waals surface area contributed by atoms with Crippen molar-refractivity contribution in [1.29, 1.82) is 0 Å². The number of benzene rings is 2. The Morgan fingerprint density at radius 1 is 1.00 bits per heavy atom. The minimum Gasteiger partial charge on any atom is -0.396 e. The molecule has 0 aliphatic rings. The zero-order valence-corrected chi connectivity index (χ0v) is 14.7. The van der Waals surface area contributed by atoms with Crippen LogP contribution in [0.5, 0.6) is 0 Å². The molecule has 0 aliphatic carbocycles. The van der Waals surface area contributed by atoms with Crippen LogP contribution in [-0.2, 0) is 12.8 Å². The molecule has 4 heteroatoms. The normalized spacial score (nSPS) is 12.4. The molecule has 0 heterocycles. The monoisotopic (exact) mass is 416 g/mol. The Morgan fingerprint density at radius 3 is 2.35 bits per heavy atom. The predicted molar refractivity (Wildman–Crippen MR) is 91.3 cm³/mol.